The zero-order valence-electron chi connectivity index (χ0n) is 17.7. The molecule has 0 aliphatic heterocycles. The quantitative estimate of drug-likeness (QED) is 0.591. The molecule has 0 radical (unpaired) electrons. The van der Waals surface area contributed by atoms with E-state index >= 15 is 0 Å². The van der Waals surface area contributed by atoms with E-state index in [1.54, 1.807) is 4.90 Å². The molecule has 7 nitrogen and oxygen atoms in total. The number of aromatic nitrogens is 2. The lowest BCUT2D eigenvalue weighted by atomic mass is 10.2. The Labute approximate surface area is 176 Å². The highest BCUT2D eigenvalue weighted by Gasteiger charge is 2.21. The molecule has 30 heavy (non-hydrogen) atoms. The molecule has 0 unspecified atom stereocenters. The van der Waals surface area contributed by atoms with Crippen LogP contribution in [-0.4, -0.2) is 47.7 Å². The van der Waals surface area contributed by atoms with Crippen LogP contribution in [0.4, 0.5) is 5.69 Å². The number of para-hydroxylation sites is 3. The molecule has 0 aliphatic rings. The molecule has 0 saturated heterocycles. The van der Waals surface area contributed by atoms with Crippen molar-refractivity contribution in [2.45, 2.75) is 32.9 Å². The minimum Gasteiger partial charge on any atom is -0.375 e. The minimum absolute atomic E-state index is 0.0102. The number of methoxy groups -OCH3 is 1. The summed E-state index contributed by atoms with van der Waals surface area (Å²) in [5.74, 6) is 0.578. The molecule has 0 aliphatic carbocycles. The van der Waals surface area contributed by atoms with Gasteiger partial charge in [0, 0.05) is 31.8 Å². The number of fused-ring (bicyclic) bond motifs is 1. The van der Waals surface area contributed by atoms with Crippen molar-refractivity contribution in [1.82, 2.24) is 14.9 Å². The van der Waals surface area contributed by atoms with E-state index in [-0.39, 0.29) is 31.0 Å². The first-order valence-corrected chi connectivity index (χ1v) is 10.1. The molecular formula is C23H28N4O3. The third kappa shape index (κ3) is 5.04. The number of rotatable bonds is 9. The van der Waals surface area contributed by atoms with Gasteiger partial charge in [-0.2, -0.15) is 0 Å². The molecule has 3 rings (SSSR count). The average Bonchev–Trinajstić information content (AvgIpc) is 3.06. The maximum atomic E-state index is 13.3. The molecule has 1 aromatic heterocycles. The van der Waals surface area contributed by atoms with Crippen molar-refractivity contribution in [2.24, 2.45) is 0 Å². The van der Waals surface area contributed by atoms with Gasteiger partial charge in [-0.15, -0.1) is 0 Å². The van der Waals surface area contributed by atoms with Crippen LogP contribution in [0.2, 0.25) is 0 Å². The van der Waals surface area contributed by atoms with Gasteiger partial charge in [-0.1, -0.05) is 30.3 Å². The van der Waals surface area contributed by atoms with Crippen molar-refractivity contribution in [3.8, 4) is 0 Å². The number of carbonyl (C=O) groups is 2. The maximum Gasteiger partial charge on any atom is 0.247 e. The summed E-state index contributed by atoms with van der Waals surface area (Å²) in [7, 11) is 1.48. The van der Waals surface area contributed by atoms with E-state index in [9.17, 15) is 9.59 Å². The second-order valence-electron chi connectivity index (χ2n) is 7.33. The van der Waals surface area contributed by atoms with Crippen LogP contribution in [0.25, 0.3) is 11.0 Å². The summed E-state index contributed by atoms with van der Waals surface area (Å²) < 4.78 is 6.78. The summed E-state index contributed by atoms with van der Waals surface area (Å²) in [4.78, 5) is 31.5. The van der Waals surface area contributed by atoms with Crippen molar-refractivity contribution in [2.75, 3.05) is 25.2 Å². The Bertz CT molecular complexity index is 998. The number of ether oxygens (including phenoxy) is 1. The Morgan fingerprint density at radius 2 is 1.80 bits per heavy atom. The standard InChI is InChI=1S/C23H28N4O3/c1-17(2)27(18-9-5-4-6-10-18)23(29)15-26-20-12-8-7-11-19(20)25-21(26)13-14-24-22(28)16-30-3/h4-12,17H,13-16H2,1-3H3,(H,24,28). The lowest BCUT2D eigenvalue weighted by Crippen LogP contribution is -2.39. The first-order chi connectivity index (χ1) is 14.5. The average molecular weight is 409 g/mol. The molecule has 0 saturated carbocycles. The van der Waals surface area contributed by atoms with Gasteiger partial charge < -0.3 is 19.5 Å². The zero-order chi connectivity index (χ0) is 21.5. The molecule has 158 valence electrons. The Hall–Kier alpha value is -3.19. The molecular weight excluding hydrogens is 380 g/mol. The van der Waals surface area contributed by atoms with Gasteiger partial charge >= 0.3 is 0 Å². The van der Waals surface area contributed by atoms with Crippen molar-refractivity contribution in [3.63, 3.8) is 0 Å². The van der Waals surface area contributed by atoms with E-state index in [0.717, 1.165) is 22.5 Å². The Morgan fingerprint density at radius 1 is 1.10 bits per heavy atom. The third-order valence-electron chi connectivity index (χ3n) is 4.79. The topological polar surface area (TPSA) is 76.5 Å². The summed E-state index contributed by atoms with van der Waals surface area (Å²) in [5, 5.41) is 2.81. The molecule has 0 spiro atoms. The molecule has 0 atom stereocenters. The molecule has 7 heteroatoms. The SMILES string of the molecule is COCC(=O)NCCc1nc2ccccc2n1CC(=O)N(c1ccccc1)C(C)C. The predicted octanol–water partition coefficient (Wildman–Crippen LogP) is 2.78. The van der Waals surface area contributed by atoms with E-state index in [2.05, 4.69) is 5.32 Å². The van der Waals surface area contributed by atoms with Crippen molar-refractivity contribution in [3.05, 3.63) is 60.4 Å². The number of nitrogens with one attached hydrogen (secondary N) is 1. The molecule has 2 amide bonds. The van der Waals surface area contributed by atoms with Gasteiger partial charge in [0.1, 0.15) is 19.0 Å². The predicted molar refractivity (Wildman–Crippen MR) is 117 cm³/mol. The van der Waals surface area contributed by atoms with Crippen LogP contribution in [0.3, 0.4) is 0 Å². The fourth-order valence-electron chi connectivity index (χ4n) is 3.52. The van der Waals surface area contributed by atoms with Gasteiger partial charge in [-0.3, -0.25) is 9.59 Å². The molecule has 1 heterocycles. The molecule has 0 fully saturated rings. The Kier molecular flexibility index (Phi) is 7.19. The number of benzene rings is 2. The monoisotopic (exact) mass is 408 g/mol. The number of anilines is 1. The number of hydrogen-bond donors (Lipinski definition) is 1. The van der Waals surface area contributed by atoms with Crippen LogP contribution < -0.4 is 10.2 Å². The van der Waals surface area contributed by atoms with Crippen LogP contribution >= 0.6 is 0 Å². The van der Waals surface area contributed by atoms with Crippen LogP contribution in [0.15, 0.2) is 54.6 Å². The second kappa shape index (κ2) is 10.0. The maximum absolute atomic E-state index is 13.3. The van der Waals surface area contributed by atoms with Gasteiger partial charge in [0.25, 0.3) is 0 Å². The number of hydrogen-bond acceptors (Lipinski definition) is 4. The number of nitrogens with zero attached hydrogens (tertiary/aromatic N) is 3. The lowest BCUT2D eigenvalue weighted by Gasteiger charge is -2.27. The summed E-state index contributed by atoms with van der Waals surface area (Å²) in [5.41, 5.74) is 2.61. The van der Waals surface area contributed by atoms with Gasteiger partial charge in [-0.25, -0.2) is 4.98 Å². The minimum atomic E-state index is -0.175. The van der Waals surface area contributed by atoms with Crippen molar-refractivity contribution < 1.29 is 14.3 Å². The highest BCUT2D eigenvalue weighted by atomic mass is 16.5. The van der Waals surface area contributed by atoms with E-state index in [0.29, 0.717) is 13.0 Å². The van der Waals surface area contributed by atoms with Crippen LogP contribution in [0.5, 0.6) is 0 Å². The lowest BCUT2D eigenvalue weighted by molar-refractivity contribution is -0.124. The molecule has 3 aromatic rings. The van der Waals surface area contributed by atoms with Gasteiger partial charge in [0.05, 0.1) is 11.0 Å². The van der Waals surface area contributed by atoms with Gasteiger partial charge in [0.15, 0.2) is 0 Å². The first kappa shape index (κ1) is 21.5. The Morgan fingerprint density at radius 3 is 2.50 bits per heavy atom. The van der Waals surface area contributed by atoms with Gasteiger partial charge in [0.2, 0.25) is 11.8 Å². The first-order valence-electron chi connectivity index (χ1n) is 10.1. The van der Waals surface area contributed by atoms with Crippen molar-refractivity contribution >= 4 is 28.5 Å². The normalized spacial score (nSPS) is 11.1. The smallest absolute Gasteiger partial charge is 0.247 e. The van der Waals surface area contributed by atoms with Crippen molar-refractivity contribution in [1.29, 1.82) is 0 Å². The second-order valence-corrected chi connectivity index (χ2v) is 7.33. The molecule has 1 N–H and O–H groups in total. The van der Waals surface area contributed by atoms with Crippen LogP contribution in [-0.2, 0) is 27.3 Å². The van der Waals surface area contributed by atoms with E-state index in [4.69, 9.17) is 9.72 Å². The zero-order valence-corrected chi connectivity index (χ0v) is 17.7. The fraction of sp³-hybridized carbons (Fsp3) is 0.348. The van der Waals surface area contributed by atoms with Crippen LogP contribution in [0, 0.1) is 0 Å². The highest BCUT2D eigenvalue weighted by molar-refractivity contribution is 5.94. The fourth-order valence-corrected chi connectivity index (χ4v) is 3.52. The molecule has 0 bridgehead atoms. The third-order valence-corrected chi connectivity index (χ3v) is 4.79. The number of imidazole rings is 1. The summed E-state index contributed by atoms with van der Waals surface area (Å²) in [6, 6.07) is 17.5. The summed E-state index contributed by atoms with van der Waals surface area (Å²) >= 11 is 0. The number of amides is 2. The number of carbonyl (C=O) groups excluding carboxylic acids is 2. The molecule has 2 aromatic carbocycles. The Balaban J connectivity index is 1.84. The van der Waals surface area contributed by atoms with Crippen LogP contribution in [0.1, 0.15) is 19.7 Å². The van der Waals surface area contributed by atoms with E-state index in [1.165, 1.54) is 7.11 Å². The summed E-state index contributed by atoms with van der Waals surface area (Å²) in [6.07, 6.45) is 0.518. The van der Waals surface area contributed by atoms with Gasteiger partial charge in [-0.05, 0) is 38.1 Å². The highest BCUT2D eigenvalue weighted by Crippen LogP contribution is 2.20. The van der Waals surface area contributed by atoms with E-state index in [1.807, 2.05) is 73.0 Å². The van der Waals surface area contributed by atoms with E-state index < -0.39 is 0 Å². The largest absolute Gasteiger partial charge is 0.375 e. The summed E-state index contributed by atoms with van der Waals surface area (Å²) in [6.45, 7) is 4.63.